The zero-order chi connectivity index (χ0) is 32.5. The van der Waals surface area contributed by atoms with Crippen molar-refractivity contribution in [1.29, 1.82) is 0 Å². The molecule has 2 aliphatic rings. The van der Waals surface area contributed by atoms with Gasteiger partial charge in [0, 0.05) is 37.1 Å². The van der Waals surface area contributed by atoms with E-state index in [0.717, 1.165) is 66.6 Å². The standard InChI is InChI=1S/C32H37F6N7/c1-19(2)27-6-4-5-23-13-24(29(41-28(23)27)44(15-20-7-8-20)16-21-9-10-21)18-45(30(39)42-43-40-3)17-22-11-25(31(33,34)35)14-26(12-22)32(36,37)38/h4-6,11-14,19-21H,7-10,15-18H2,1-3H3,(H2,39,40,42). The van der Waals surface area contributed by atoms with E-state index in [1.54, 1.807) is 0 Å². The highest BCUT2D eigenvalue weighted by Gasteiger charge is 2.37. The van der Waals surface area contributed by atoms with Crippen molar-refractivity contribution in [2.24, 2.45) is 33.0 Å². The van der Waals surface area contributed by atoms with E-state index in [1.165, 1.54) is 11.9 Å². The van der Waals surface area contributed by atoms with Gasteiger partial charge in [-0.15, -0.1) is 0 Å². The summed E-state index contributed by atoms with van der Waals surface area (Å²) >= 11 is 0. The van der Waals surface area contributed by atoms with Crippen LogP contribution in [0.2, 0.25) is 0 Å². The van der Waals surface area contributed by atoms with Gasteiger partial charge in [-0.3, -0.25) is 0 Å². The predicted octanol–water partition coefficient (Wildman–Crippen LogP) is 8.34. The summed E-state index contributed by atoms with van der Waals surface area (Å²) in [5.74, 6) is 1.84. The zero-order valence-corrected chi connectivity index (χ0v) is 25.5. The summed E-state index contributed by atoms with van der Waals surface area (Å²) in [6.07, 6.45) is -5.43. The highest BCUT2D eigenvalue weighted by molar-refractivity contribution is 5.86. The van der Waals surface area contributed by atoms with E-state index in [2.05, 4.69) is 34.2 Å². The van der Waals surface area contributed by atoms with E-state index in [0.29, 0.717) is 24.0 Å². The van der Waals surface area contributed by atoms with E-state index in [-0.39, 0.29) is 30.1 Å². The summed E-state index contributed by atoms with van der Waals surface area (Å²) in [5, 5.41) is 11.9. The fourth-order valence-electron chi connectivity index (χ4n) is 5.49. The molecule has 0 unspecified atom stereocenters. The largest absolute Gasteiger partial charge is 0.416 e. The van der Waals surface area contributed by atoms with E-state index in [1.807, 2.05) is 24.3 Å². The summed E-state index contributed by atoms with van der Waals surface area (Å²) < 4.78 is 82.0. The lowest BCUT2D eigenvalue weighted by Gasteiger charge is -2.30. The quantitative estimate of drug-likeness (QED) is 0.0757. The number of benzene rings is 2. The van der Waals surface area contributed by atoms with Gasteiger partial charge in [0.05, 0.1) is 23.7 Å². The Hall–Kier alpha value is -3.90. The maximum atomic E-state index is 13.7. The second kappa shape index (κ2) is 12.8. The smallest absolute Gasteiger partial charge is 0.368 e. The molecule has 2 aliphatic carbocycles. The fourth-order valence-corrected chi connectivity index (χ4v) is 5.49. The Labute approximate surface area is 258 Å². The van der Waals surface area contributed by atoms with Gasteiger partial charge >= 0.3 is 12.4 Å². The molecule has 13 heteroatoms. The van der Waals surface area contributed by atoms with Gasteiger partial charge in [0.15, 0.2) is 0 Å². The lowest BCUT2D eigenvalue weighted by atomic mass is 9.98. The number of hydrogen-bond acceptors (Lipinski definition) is 4. The van der Waals surface area contributed by atoms with Crippen LogP contribution in [0.5, 0.6) is 0 Å². The highest BCUT2D eigenvalue weighted by Crippen LogP contribution is 2.39. The molecule has 5 rings (SSSR count). The third-order valence-electron chi connectivity index (χ3n) is 8.15. The maximum absolute atomic E-state index is 13.7. The number of rotatable bonds is 11. The molecule has 0 atom stereocenters. The molecule has 2 fully saturated rings. The van der Waals surface area contributed by atoms with Crippen LogP contribution >= 0.6 is 0 Å². The second-order valence-electron chi connectivity index (χ2n) is 12.4. The minimum Gasteiger partial charge on any atom is -0.368 e. The molecule has 0 bridgehead atoms. The summed E-state index contributed by atoms with van der Waals surface area (Å²) in [5.41, 5.74) is 5.94. The molecular formula is C32H37F6N7. The van der Waals surface area contributed by atoms with Crippen LogP contribution in [0.3, 0.4) is 0 Å². The van der Waals surface area contributed by atoms with E-state index in [9.17, 15) is 26.3 Å². The molecule has 0 saturated heterocycles. The molecule has 2 aromatic carbocycles. The minimum atomic E-state index is -4.98. The molecule has 3 aromatic rings. The number of anilines is 1. The van der Waals surface area contributed by atoms with Gasteiger partial charge in [0.1, 0.15) is 5.82 Å². The molecule has 1 heterocycles. The number of aromatic nitrogens is 1. The molecule has 242 valence electrons. The van der Waals surface area contributed by atoms with E-state index >= 15 is 0 Å². The van der Waals surface area contributed by atoms with Gasteiger partial charge in [-0.2, -0.15) is 31.5 Å². The van der Waals surface area contributed by atoms with Gasteiger partial charge in [-0.25, -0.2) is 4.98 Å². The SMILES string of the molecule is CN=NN=C(N)N(Cc1cc(C(F)(F)F)cc(C(F)(F)F)c1)Cc1cc2cccc(C(C)C)c2nc1N(CC1CC1)CC1CC1. The Balaban J connectivity index is 1.62. The average Bonchev–Trinajstić information content (AvgIpc) is 3.91. The average molecular weight is 634 g/mol. The number of alkyl halides is 6. The normalized spacial score (nSPS) is 16.3. The van der Waals surface area contributed by atoms with Gasteiger partial charge in [-0.1, -0.05) is 37.1 Å². The zero-order valence-electron chi connectivity index (χ0n) is 25.5. The van der Waals surface area contributed by atoms with E-state index < -0.39 is 30.0 Å². The number of nitrogens with two attached hydrogens (primary N) is 1. The number of pyridine rings is 1. The van der Waals surface area contributed by atoms with Gasteiger partial charge in [0.25, 0.3) is 0 Å². The first-order valence-corrected chi connectivity index (χ1v) is 15.1. The number of hydrogen-bond donors (Lipinski definition) is 1. The van der Waals surface area contributed by atoms with Crippen LogP contribution in [0, 0.1) is 11.8 Å². The van der Waals surface area contributed by atoms with Crippen LogP contribution in [0.1, 0.15) is 73.3 Å². The molecule has 0 spiro atoms. The van der Waals surface area contributed by atoms with Gasteiger partial charge in [-0.05, 0) is 84.1 Å². The fraction of sp³-hybridized carbons (Fsp3) is 0.500. The predicted molar refractivity (Wildman–Crippen MR) is 162 cm³/mol. The monoisotopic (exact) mass is 633 g/mol. The molecule has 0 radical (unpaired) electrons. The molecule has 2 N–H and O–H groups in total. The summed E-state index contributed by atoms with van der Waals surface area (Å²) in [7, 11) is 1.37. The van der Waals surface area contributed by atoms with Crippen LogP contribution in [-0.2, 0) is 25.4 Å². The lowest BCUT2D eigenvalue weighted by Crippen LogP contribution is -2.37. The summed E-state index contributed by atoms with van der Waals surface area (Å²) in [6.45, 7) is 5.46. The number of nitrogens with zero attached hydrogens (tertiary/aromatic N) is 6. The molecule has 1 aromatic heterocycles. The topological polar surface area (TPSA) is 82.5 Å². The highest BCUT2D eigenvalue weighted by atomic mass is 19.4. The van der Waals surface area contributed by atoms with Crippen molar-refractivity contribution in [1.82, 2.24) is 9.88 Å². The third kappa shape index (κ3) is 8.23. The number of para-hydroxylation sites is 1. The summed E-state index contributed by atoms with van der Waals surface area (Å²) in [4.78, 5) is 8.92. The van der Waals surface area contributed by atoms with Crippen molar-refractivity contribution in [3.05, 3.63) is 70.3 Å². The Morgan fingerprint density at radius 2 is 1.51 bits per heavy atom. The van der Waals surface area contributed by atoms with Crippen LogP contribution in [0.4, 0.5) is 32.2 Å². The van der Waals surface area contributed by atoms with Gasteiger partial charge < -0.3 is 15.5 Å². The van der Waals surface area contributed by atoms with Crippen LogP contribution in [0.15, 0.2) is 57.9 Å². The maximum Gasteiger partial charge on any atom is 0.416 e. The first-order chi connectivity index (χ1) is 21.2. The van der Waals surface area contributed by atoms with Crippen molar-refractivity contribution in [3.63, 3.8) is 0 Å². The Bertz CT molecular complexity index is 1530. The number of guanidine groups is 1. The van der Waals surface area contributed by atoms with Crippen molar-refractivity contribution >= 4 is 22.7 Å². The minimum absolute atomic E-state index is 0.0160. The molecule has 7 nitrogen and oxygen atoms in total. The number of halogens is 6. The molecule has 0 aliphatic heterocycles. The first-order valence-electron chi connectivity index (χ1n) is 15.1. The van der Waals surface area contributed by atoms with Crippen LogP contribution < -0.4 is 10.6 Å². The van der Waals surface area contributed by atoms with Crippen molar-refractivity contribution in [2.75, 3.05) is 25.0 Å². The van der Waals surface area contributed by atoms with Crippen LogP contribution in [0.25, 0.3) is 10.9 Å². The van der Waals surface area contributed by atoms with Crippen molar-refractivity contribution in [2.45, 2.75) is 70.9 Å². The third-order valence-corrected chi connectivity index (χ3v) is 8.15. The molecule has 2 saturated carbocycles. The Morgan fingerprint density at radius 1 is 0.911 bits per heavy atom. The van der Waals surface area contributed by atoms with Gasteiger partial charge in [0.2, 0.25) is 5.96 Å². The van der Waals surface area contributed by atoms with Crippen molar-refractivity contribution in [3.8, 4) is 0 Å². The lowest BCUT2D eigenvalue weighted by molar-refractivity contribution is -0.143. The molecular weight excluding hydrogens is 596 g/mol. The molecule has 45 heavy (non-hydrogen) atoms. The first kappa shape index (κ1) is 32.5. The molecule has 0 amide bonds. The Kier molecular flexibility index (Phi) is 9.27. The summed E-state index contributed by atoms with van der Waals surface area (Å²) in [6, 6.07) is 9.46. The Morgan fingerprint density at radius 3 is 2.02 bits per heavy atom. The number of fused-ring (bicyclic) bond motifs is 1. The second-order valence-corrected chi connectivity index (χ2v) is 12.4. The van der Waals surface area contributed by atoms with Crippen molar-refractivity contribution < 1.29 is 26.3 Å². The van der Waals surface area contributed by atoms with E-state index in [4.69, 9.17) is 10.7 Å². The van der Waals surface area contributed by atoms with Crippen LogP contribution in [-0.4, -0.2) is 36.0 Å².